The zero-order chi connectivity index (χ0) is 13.1. The van der Waals surface area contributed by atoms with Crippen LogP contribution in [0.1, 0.15) is 23.7 Å². The van der Waals surface area contributed by atoms with Gasteiger partial charge in [0, 0.05) is 11.4 Å². The molecule has 18 heavy (non-hydrogen) atoms. The van der Waals surface area contributed by atoms with Crippen LogP contribution in [0.2, 0.25) is 0 Å². The van der Waals surface area contributed by atoms with Gasteiger partial charge in [0.25, 0.3) is 5.91 Å². The van der Waals surface area contributed by atoms with Crippen molar-refractivity contribution in [3.8, 4) is 0 Å². The van der Waals surface area contributed by atoms with Crippen molar-refractivity contribution in [2.75, 3.05) is 19.4 Å². The van der Waals surface area contributed by atoms with E-state index >= 15 is 0 Å². The number of aliphatic hydroxyl groups is 1. The van der Waals surface area contributed by atoms with Crippen molar-refractivity contribution in [3.63, 3.8) is 0 Å². The molecule has 1 fully saturated rings. The van der Waals surface area contributed by atoms with Gasteiger partial charge in [-0.2, -0.15) is 0 Å². The lowest BCUT2D eigenvalue weighted by molar-refractivity contribution is 0.0645. The Morgan fingerprint density at radius 3 is 2.89 bits per heavy atom. The molecule has 0 aromatic heterocycles. The number of rotatable bonds is 3. The Kier molecular flexibility index (Phi) is 4.30. The number of amides is 1. The van der Waals surface area contributed by atoms with Crippen molar-refractivity contribution in [1.29, 1.82) is 0 Å². The Balaban J connectivity index is 2.26. The Bertz CT molecular complexity index is 436. The Hall–Kier alpha value is -1.00. The second-order valence-electron chi connectivity index (χ2n) is 4.71. The molecule has 1 amide bonds. The maximum Gasteiger partial charge on any atom is 0.255 e. The zero-order valence-corrected chi connectivity index (χ0v) is 11.6. The van der Waals surface area contributed by atoms with Crippen LogP contribution < -0.4 is 0 Å². The number of hydrogen-bond acceptors (Lipinski definition) is 3. The first-order valence-corrected chi connectivity index (χ1v) is 7.46. The molecule has 4 heteroatoms. The third kappa shape index (κ3) is 2.40. The molecule has 1 aromatic rings. The number of benzene rings is 1. The molecule has 1 N–H and O–H groups in total. The van der Waals surface area contributed by atoms with E-state index in [0.717, 1.165) is 23.4 Å². The van der Waals surface area contributed by atoms with Crippen LogP contribution in [0.5, 0.6) is 0 Å². The topological polar surface area (TPSA) is 40.5 Å². The van der Waals surface area contributed by atoms with Gasteiger partial charge >= 0.3 is 0 Å². The van der Waals surface area contributed by atoms with Crippen LogP contribution in [0.3, 0.4) is 0 Å². The zero-order valence-electron chi connectivity index (χ0n) is 10.8. The summed E-state index contributed by atoms with van der Waals surface area (Å²) >= 11 is 1.58. The summed E-state index contributed by atoms with van der Waals surface area (Å²) in [4.78, 5) is 15.4. The number of hydrogen-bond donors (Lipinski definition) is 1. The molecule has 0 bridgehead atoms. The minimum absolute atomic E-state index is 0.0348. The number of aliphatic hydroxyl groups excluding tert-OH is 1. The lowest BCUT2D eigenvalue weighted by Crippen LogP contribution is -2.40. The normalized spacial score (nSPS) is 23.4. The summed E-state index contributed by atoms with van der Waals surface area (Å²) in [6, 6.07) is 7.63. The van der Waals surface area contributed by atoms with Crippen LogP contribution in [0, 0.1) is 5.92 Å². The fraction of sp³-hybridized carbons (Fsp3) is 0.500. The first kappa shape index (κ1) is 13.4. The van der Waals surface area contributed by atoms with Gasteiger partial charge in [-0.1, -0.05) is 19.1 Å². The monoisotopic (exact) mass is 265 g/mol. The van der Waals surface area contributed by atoms with Gasteiger partial charge in [0.1, 0.15) is 0 Å². The lowest BCUT2D eigenvalue weighted by Gasteiger charge is -2.26. The molecule has 0 saturated carbocycles. The number of carbonyl (C=O) groups excluding carboxylic acids is 1. The van der Waals surface area contributed by atoms with Crippen LogP contribution in [-0.4, -0.2) is 41.4 Å². The molecular weight excluding hydrogens is 246 g/mol. The molecule has 0 radical (unpaired) electrons. The van der Waals surface area contributed by atoms with E-state index in [1.54, 1.807) is 11.8 Å². The quantitative estimate of drug-likeness (QED) is 0.852. The highest BCUT2D eigenvalue weighted by atomic mass is 32.2. The van der Waals surface area contributed by atoms with Gasteiger partial charge in [-0.25, -0.2) is 0 Å². The Morgan fingerprint density at radius 1 is 1.50 bits per heavy atom. The lowest BCUT2D eigenvalue weighted by atomic mass is 10.0. The molecule has 2 atom stereocenters. The number of likely N-dealkylation sites (tertiary alicyclic amines) is 1. The van der Waals surface area contributed by atoms with E-state index in [1.165, 1.54) is 0 Å². The molecule has 2 rings (SSSR count). The third-order valence-corrected chi connectivity index (χ3v) is 4.46. The SMILES string of the molecule is CSc1ccccc1C(=O)N1CCC(C)C1CO. The highest BCUT2D eigenvalue weighted by Crippen LogP contribution is 2.28. The van der Waals surface area contributed by atoms with E-state index in [4.69, 9.17) is 0 Å². The van der Waals surface area contributed by atoms with Gasteiger partial charge in [-0.05, 0) is 30.7 Å². The van der Waals surface area contributed by atoms with E-state index < -0.39 is 0 Å². The molecule has 1 aliphatic heterocycles. The van der Waals surface area contributed by atoms with Crippen LogP contribution in [0.4, 0.5) is 0 Å². The number of nitrogens with zero attached hydrogens (tertiary/aromatic N) is 1. The molecule has 1 heterocycles. The van der Waals surface area contributed by atoms with E-state index in [2.05, 4.69) is 6.92 Å². The first-order valence-electron chi connectivity index (χ1n) is 6.24. The summed E-state index contributed by atoms with van der Waals surface area (Å²) in [5.74, 6) is 0.420. The summed E-state index contributed by atoms with van der Waals surface area (Å²) in [7, 11) is 0. The molecule has 2 unspecified atom stereocenters. The Labute approximate surface area is 112 Å². The van der Waals surface area contributed by atoms with E-state index in [1.807, 2.05) is 35.4 Å². The summed E-state index contributed by atoms with van der Waals surface area (Å²) in [5.41, 5.74) is 0.748. The maximum absolute atomic E-state index is 12.5. The van der Waals surface area contributed by atoms with E-state index in [-0.39, 0.29) is 18.6 Å². The van der Waals surface area contributed by atoms with Crippen LogP contribution in [0.15, 0.2) is 29.2 Å². The maximum atomic E-state index is 12.5. The smallest absolute Gasteiger partial charge is 0.255 e. The van der Waals surface area contributed by atoms with Gasteiger partial charge in [-0.3, -0.25) is 4.79 Å². The molecule has 98 valence electrons. The molecule has 0 spiro atoms. The summed E-state index contributed by atoms with van der Waals surface area (Å²) in [5, 5.41) is 9.43. The largest absolute Gasteiger partial charge is 0.394 e. The summed E-state index contributed by atoms with van der Waals surface area (Å²) < 4.78 is 0. The highest BCUT2D eigenvalue weighted by Gasteiger charge is 2.34. The van der Waals surface area contributed by atoms with Crippen molar-refractivity contribution in [2.45, 2.75) is 24.3 Å². The van der Waals surface area contributed by atoms with Crippen molar-refractivity contribution in [2.24, 2.45) is 5.92 Å². The molecule has 1 saturated heterocycles. The van der Waals surface area contributed by atoms with Gasteiger partial charge in [-0.15, -0.1) is 11.8 Å². The van der Waals surface area contributed by atoms with Gasteiger partial charge in [0.15, 0.2) is 0 Å². The third-order valence-electron chi connectivity index (χ3n) is 3.67. The van der Waals surface area contributed by atoms with E-state index in [9.17, 15) is 9.90 Å². The molecule has 3 nitrogen and oxygen atoms in total. The Morgan fingerprint density at radius 2 is 2.22 bits per heavy atom. The fourth-order valence-electron chi connectivity index (χ4n) is 2.51. The minimum atomic E-state index is -0.0348. The molecule has 1 aromatic carbocycles. The number of thioether (sulfide) groups is 1. The standard InChI is InChI=1S/C14H19NO2S/c1-10-7-8-15(12(10)9-16)14(17)11-5-3-4-6-13(11)18-2/h3-6,10,12,16H,7-9H2,1-2H3. The minimum Gasteiger partial charge on any atom is -0.394 e. The number of carbonyl (C=O) groups is 1. The second-order valence-corrected chi connectivity index (χ2v) is 5.56. The van der Waals surface area contributed by atoms with Crippen molar-refractivity contribution in [3.05, 3.63) is 29.8 Å². The summed E-state index contributed by atoms with van der Waals surface area (Å²) in [6.45, 7) is 2.89. The first-order chi connectivity index (χ1) is 8.69. The van der Waals surface area contributed by atoms with Crippen molar-refractivity contribution >= 4 is 17.7 Å². The highest BCUT2D eigenvalue weighted by molar-refractivity contribution is 7.98. The fourth-order valence-corrected chi connectivity index (χ4v) is 3.10. The summed E-state index contributed by atoms with van der Waals surface area (Å²) in [6.07, 6.45) is 2.95. The molecular formula is C14H19NO2S. The van der Waals surface area contributed by atoms with Crippen molar-refractivity contribution < 1.29 is 9.90 Å². The van der Waals surface area contributed by atoms with E-state index in [0.29, 0.717) is 5.92 Å². The van der Waals surface area contributed by atoms with Gasteiger partial charge in [0.2, 0.25) is 0 Å². The van der Waals surface area contributed by atoms with Gasteiger partial charge in [0.05, 0.1) is 18.2 Å². The second kappa shape index (κ2) is 5.76. The molecule has 1 aliphatic rings. The van der Waals surface area contributed by atoms with Crippen LogP contribution in [-0.2, 0) is 0 Å². The average molecular weight is 265 g/mol. The predicted molar refractivity (Wildman–Crippen MR) is 73.9 cm³/mol. The van der Waals surface area contributed by atoms with Crippen molar-refractivity contribution in [1.82, 2.24) is 4.90 Å². The van der Waals surface area contributed by atoms with Crippen LogP contribution in [0.25, 0.3) is 0 Å². The van der Waals surface area contributed by atoms with Gasteiger partial charge < -0.3 is 10.0 Å². The molecule has 0 aliphatic carbocycles. The predicted octanol–water partition coefficient (Wildman–Crippen LogP) is 2.25. The van der Waals surface area contributed by atoms with Crippen LogP contribution >= 0.6 is 11.8 Å². The average Bonchev–Trinajstić information content (AvgIpc) is 2.78.